The molecule has 106 valence electrons. The molecule has 0 aliphatic rings. The number of methoxy groups -OCH3 is 1. The summed E-state index contributed by atoms with van der Waals surface area (Å²) in [6.45, 7) is 5.65. The Morgan fingerprint density at radius 2 is 2.05 bits per heavy atom. The van der Waals surface area contributed by atoms with Crippen molar-refractivity contribution in [1.82, 2.24) is 10.6 Å². The van der Waals surface area contributed by atoms with Crippen molar-refractivity contribution in [3.05, 3.63) is 28.2 Å². The van der Waals surface area contributed by atoms with Gasteiger partial charge in [-0.3, -0.25) is 4.79 Å². The van der Waals surface area contributed by atoms with Crippen molar-refractivity contribution >= 4 is 21.8 Å². The van der Waals surface area contributed by atoms with E-state index in [0.29, 0.717) is 0 Å². The van der Waals surface area contributed by atoms with Crippen LogP contribution in [0.4, 0.5) is 0 Å². The lowest BCUT2D eigenvalue weighted by Crippen LogP contribution is -2.51. The molecule has 1 rings (SSSR count). The highest BCUT2D eigenvalue weighted by Crippen LogP contribution is 2.28. The lowest BCUT2D eigenvalue weighted by Gasteiger charge is -2.25. The fourth-order valence-corrected chi connectivity index (χ4v) is 2.08. The maximum atomic E-state index is 12.1. The third-order valence-corrected chi connectivity index (χ3v) is 3.84. The number of likely N-dealkylation sites (N-methyl/N-ethyl adjacent to an activating group) is 1. The van der Waals surface area contributed by atoms with Crippen molar-refractivity contribution in [3.8, 4) is 5.75 Å². The molecule has 1 aromatic carbocycles. The van der Waals surface area contributed by atoms with E-state index in [0.717, 1.165) is 15.8 Å². The van der Waals surface area contributed by atoms with Crippen molar-refractivity contribution in [1.29, 1.82) is 0 Å². The summed E-state index contributed by atoms with van der Waals surface area (Å²) < 4.78 is 6.06. The minimum absolute atomic E-state index is 0.0329. The predicted molar refractivity (Wildman–Crippen MR) is 80.4 cm³/mol. The number of rotatable bonds is 5. The minimum Gasteiger partial charge on any atom is -0.496 e. The fraction of sp³-hybridized carbons (Fsp3) is 0.500. The smallest absolute Gasteiger partial charge is 0.240 e. The monoisotopic (exact) mass is 328 g/mol. The summed E-state index contributed by atoms with van der Waals surface area (Å²) >= 11 is 3.44. The van der Waals surface area contributed by atoms with Crippen LogP contribution in [0.2, 0.25) is 0 Å². The van der Waals surface area contributed by atoms with Crippen LogP contribution >= 0.6 is 15.9 Å². The number of hydrogen-bond donors (Lipinski definition) is 2. The summed E-state index contributed by atoms with van der Waals surface area (Å²) in [6, 6.07) is 5.71. The SMILES string of the molecule is CNC(C)(C)C(=O)NC(C)c1ccc(OC)c(Br)c1. The van der Waals surface area contributed by atoms with Gasteiger partial charge >= 0.3 is 0 Å². The first-order valence-corrected chi connectivity index (χ1v) is 6.94. The van der Waals surface area contributed by atoms with E-state index in [1.807, 2.05) is 39.0 Å². The summed E-state index contributed by atoms with van der Waals surface area (Å²) in [5.74, 6) is 0.743. The Hall–Kier alpha value is -1.07. The Bertz CT molecular complexity index is 461. The van der Waals surface area contributed by atoms with Gasteiger partial charge in [-0.05, 0) is 61.4 Å². The second-order valence-electron chi connectivity index (χ2n) is 4.96. The number of hydrogen-bond acceptors (Lipinski definition) is 3. The van der Waals surface area contributed by atoms with Gasteiger partial charge in [-0.25, -0.2) is 0 Å². The molecule has 0 saturated carbocycles. The highest BCUT2D eigenvalue weighted by Gasteiger charge is 2.26. The Morgan fingerprint density at radius 3 is 2.53 bits per heavy atom. The molecule has 0 saturated heterocycles. The number of ether oxygens (including phenoxy) is 1. The molecule has 4 nitrogen and oxygen atoms in total. The van der Waals surface area contributed by atoms with E-state index in [1.54, 1.807) is 14.2 Å². The van der Waals surface area contributed by atoms with Gasteiger partial charge in [0.2, 0.25) is 5.91 Å². The van der Waals surface area contributed by atoms with Crippen molar-refractivity contribution in [2.24, 2.45) is 0 Å². The molecule has 19 heavy (non-hydrogen) atoms. The van der Waals surface area contributed by atoms with Crippen LogP contribution in [0.15, 0.2) is 22.7 Å². The van der Waals surface area contributed by atoms with Gasteiger partial charge < -0.3 is 15.4 Å². The molecular weight excluding hydrogens is 308 g/mol. The zero-order chi connectivity index (χ0) is 14.6. The van der Waals surface area contributed by atoms with E-state index in [9.17, 15) is 4.79 Å². The molecule has 0 aliphatic carbocycles. The average Bonchev–Trinajstić information content (AvgIpc) is 2.38. The molecule has 2 N–H and O–H groups in total. The number of carbonyl (C=O) groups is 1. The third-order valence-electron chi connectivity index (χ3n) is 3.22. The van der Waals surface area contributed by atoms with Crippen molar-refractivity contribution < 1.29 is 9.53 Å². The van der Waals surface area contributed by atoms with Crippen LogP contribution in [0.5, 0.6) is 5.75 Å². The summed E-state index contributed by atoms with van der Waals surface area (Å²) in [7, 11) is 3.40. The number of nitrogens with one attached hydrogen (secondary N) is 2. The van der Waals surface area contributed by atoms with Crippen LogP contribution in [0.1, 0.15) is 32.4 Å². The first kappa shape index (κ1) is 16.0. The lowest BCUT2D eigenvalue weighted by molar-refractivity contribution is -0.126. The zero-order valence-electron chi connectivity index (χ0n) is 12.0. The number of amides is 1. The lowest BCUT2D eigenvalue weighted by atomic mass is 10.0. The normalized spacial score (nSPS) is 12.9. The van der Waals surface area contributed by atoms with E-state index in [-0.39, 0.29) is 11.9 Å². The van der Waals surface area contributed by atoms with Gasteiger partial charge in [-0.2, -0.15) is 0 Å². The Balaban J connectivity index is 2.81. The summed E-state index contributed by atoms with van der Waals surface area (Å²) in [4.78, 5) is 12.1. The number of halogens is 1. The zero-order valence-corrected chi connectivity index (χ0v) is 13.6. The summed E-state index contributed by atoms with van der Waals surface area (Å²) in [5.41, 5.74) is 0.436. The van der Waals surface area contributed by atoms with Crippen molar-refractivity contribution in [3.63, 3.8) is 0 Å². The van der Waals surface area contributed by atoms with Crippen LogP contribution in [-0.4, -0.2) is 25.6 Å². The Kier molecular flexibility index (Phi) is 5.38. The van der Waals surface area contributed by atoms with Gasteiger partial charge in [0.05, 0.1) is 23.2 Å². The minimum atomic E-state index is -0.585. The quantitative estimate of drug-likeness (QED) is 0.873. The van der Waals surface area contributed by atoms with Crippen LogP contribution in [0.3, 0.4) is 0 Å². The predicted octanol–water partition coefficient (Wildman–Crippen LogP) is 2.63. The molecule has 0 heterocycles. The van der Waals surface area contributed by atoms with Gasteiger partial charge in [0, 0.05) is 0 Å². The Labute approximate surface area is 123 Å². The largest absolute Gasteiger partial charge is 0.496 e. The number of carbonyl (C=O) groups excluding carboxylic acids is 1. The molecule has 0 aromatic heterocycles. The molecule has 5 heteroatoms. The molecule has 1 atom stereocenters. The van der Waals surface area contributed by atoms with E-state index >= 15 is 0 Å². The highest BCUT2D eigenvalue weighted by atomic mass is 79.9. The van der Waals surface area contributed by atoms with Crippen LogP contribution in [0.25, 0.3) is 0 Å². The molecule has 0 spiro atoms. The molecular formula is C14H21BrN2O2. The van der Waals surface area contributed by atoms with Crippen LogP contribution in [-0.2, 0) is 4.79 Å². The molecule has 0 aliphatic heterocycles. The second-order valence-corrected chi connectivity index (χ2v) is 5.82. The third kappa shape index (κ3) is 3.94. The van der Waals surface area contributed by atoms with Crippen LogP contribution < -0.4 is 15.4 Å². The van der Waals surface area contributed by atoms with E-state index in [2.05, 4.69) is 26.6 Å². The van der Waals surface area contributed by atoms with Crippen molar-refractivity contribution in [2.75, 3.05) is 14.2 Å². The first-order valence-electron chi connectivity index (χ1n) is 6.15. The highest BCUT2D eigenvalue weighted by molar-refractivity contribution is 9.10. The van der Waals surface area contributed by atoms with Gasteiger partial charge in [-0.1, -0.05) is 6.07 Å². The molecule has 0 fully saturated rings. The Morgan fingerprint density at radius 1 is 1.42 bits per heavy atom. The summed E-state index contributed by atoms with van der Waals surface area (Å²) in [5, 5.41) is 5.98. The van der Waals surface area contributed by atoms with Gasteiger partial charge in [0.25, 0.3) is 0 Å². The topological polar surface area (TPSA) is 50.4 Å². The maximum Gasteiger partial charge on any atom is 0.240 e. The van der Waals surface area contributed by atoms with E-state index in [4.69, 9.17) is 4.74 Å². The first-order chi connectivity index (χ1) is 8.81. The summed E-state index contributed by atoms with van der Waals surface area (Å²) in [6.07, 6.45) is 0. The fourth-order valence-electron chi connectivity index (χ4n) is 1.53. The average molecular weight is 329 g/mol. The molecule has 1 unspecified atom stereocenters. The number of benzene rings is 1. The maximum absolute atomic E-state index is 12.1. The van der Waals surface area contributed by atoms with E-state index < -0.39 is 5.54 Å². The van der Waals surface area contributed by atoms with E-state index in [1.165, 1.54) is 0 Å². The van der Waals surface area contributed by atoms with Gasteiger partial charge in [-0.15, -0.1) is 0 Å². The molecule has 1 amide bonds. The standard InChI is InChI=1S/C14H21BrN2O2/c1-9(17-13(18)14(2,3)16-4)10-6-7-12(19-5)11(15)8-10/h6-9,16H,1-5H3,(H,17,18). The molecule has 0 radical (unpaired) electrons. The van der Waals surface area contributed by atoms with Crippen LogP contribution in [0, 0.1) is 0 Å². The van der Waals surface area contributed by atoms with Gasteiger partial charge in [0.1, 0.15) is 5.75 Å². The van der Waals surface area contributed by atoms with Crippen molar-refractivity contribution in [2.45, 2.75) is 32.4 Å². The molecule has 1 aromatic rings. The second kappa shape index (κ2) is 6.39. The molecule has 0 bridgehead atoms. The van der Waals surface area contributed by atoms with Gasteiger partial charge in [0.15, 0.2) is 0 Å².